The van der Waals surface area contributed by atoms with Gasteiger partial charge in [-0.2, -0.15) is 0 Å². The molecule has 2 aromatic heterocycles. The highest BCUT2D eigenvalue weighted by molar-refractivity contribution is 7.16. The molecule has 0 spiro atoms. The van der Waals surface area contributed by atoms with Crippen LogP contribution in [0.15, 0.2) is 12.1 Å². The van der Waals surface area contributed by atoms with Crippen LogP contribution in [0.3, 0.4) is 0 Å². The van der Waals surface area contributed by atoms with Crippen molar-refractivity contribution in [1.29, 1.82) is 0 Å². The van der Waals surface area contributed by atoms with Crippen molar-refractivity contribution in [2.24, 2.45) is 0 Å². The fourth-order valence-electron chi connectivity index (χ4n) is 4.01. The van der Waals surface area contributed by atoms with Crippen molar-refractivity contribution in [3.05, 3.63) is 33.0 Å². The molecular formula is C18H22ClN3O2S. The second-order valence-electron chi connectivity index (χ2n) is 7.55. The predicted octanol–water partition coefficient (Wildman–Crippen LogP) is 4.27. The number of ether oxygens (including phenoxy) is 2. The molecule has 134 valence electrons. The molecule has 0 N–H and O–H groups in total. The summed E-state index contributed by atoms with van der Waals surface area (Å²) in [6, 6.07) is 4.74. The van der Waals surface area contributed by atoms with Gasteiger partial charge in [0.15, 0.2) is 0 Å². The molecule has 3 saturated carbocycles. The van der Waals surface area contributed by atoms with E-state index in [0.29, 0.717) is 18.8 Å². The molecule has 3 fully saturated rings. The maximum atomic E-state index is 6.26. The van der Waals surface area contributed by atoms with Gasteiger partial charge in [-0.05, 0) is 50.7 Å². The number of hydrogen-bond acceptors (Lipinski definition) is 5. The largest absolute Gasteiger partial charge is 0.359 e. The fraction of sp³-hybridized carbons (Fsp3) is 0.667. The molecule has 0 aromatic carbocycles. The van der Waals surface area contributed by atoms with Crippen molar-refractivity contribution in [1.82, 2.24) is 14.8 Å². The van der Waals surface area contributed by atoms with Crippen LogP contribution >= 0.6 is 22.9 Å². The smallest absolute Gasteiger partial charge is 0.146 e. The van der Waals surface area contributed by atoms with E-state index in [4.69, 9.17) is 26.2 Å². The summed E-state index contributed by atoms with van der Waals surface area (Å²) in [7, 11) is 1.66. The van der Waals surface area contributed by atoms with Gasteiger partial charge in [0.25, 0.3) is 0 Å². The highest BCUT2D eigenvalue weighted by Gasteiger charge is 2.53. The molecule has 3 aliphatic rings. The third kappa shape index (κ3) is 2.74. The molecule has 0 amide bonds. The summed E-state index contributed by atoms with van der Waals surface area (Å²) >= 11 is 7.92. The van der Waals surface area contributed by atoms with Gasteiger partial charge in [0.1, 0.15) is 18.4 Å². The first kappa shape index (κ1) is 16.2. The van der Waals surface area contributed by atoms with Crippen molar-refractivity contribution >= 4 is 22.9 Å². The summed E-state index contributed by atoms with van der Waals surface area (Å²) < 4.78 is 14.2. The lowest BCUT2D eigenvalue weighted by atomic mass is 9.65. The zero-order valence-corrected chi connectivity index (χ0v) is 15.9. The number of aromatic nitrogens is 3. The summed E-state index contributed by atoms with van der Waals surface area (Å²) in [5.74, 6) is 2.96. The van der Waals surface area contributed by atoms with Crippen molar-refractivity contribution in [3.8, 4) is 0 Å². The van der Waals surface area contributed by atoms with E-state index in [9.17, 15) is 0 Å². The average molecular weight is 380 g/mol. The lowest BCUT2D eigenvalue weighted by molar-refractivity contribution is -0.116. The van der Waals surface area contributed by atoms with Crippen molar-refractivity contribution in [3.63, 3.8) is 0 Å². The number of rotatable bonds is 7. The molecule has 0 saturated heterocycles. The monoisotopic (exact) mass is 379 g/mol. The average Bonchev–Trinajstić information content (AvgIpc) is 3.50. The molecule has 7 heteroatoms. The van der Waals surface area contributed by atoms with Gasteiger partial charge in [0, 0.05) is 23.9 Å². The van der Waals surface area contributed by atoms with E-state index in [2.05, 4.69) is 15.7 Å². The molecule has 5 rings (SSSR count). The Hall–Kier alpha value is -0.950. The van der Waals surface area contributed by atoms with E-state index in [1.807, 2.05) is 6.07 Å². The van der Waals surface area contributed by atoms with Gasteiger partial charge in [-0.15, -0.1) is 21.5 Å². The fourth-order valence-corrected chi connectivity index (χ4v) is 5.26. The van der Waals surface area contributed by atoms with Gasteiger partial charge >= 0.3 is 0 Å². The molecule has 3 aliphatic carbocycles. The zero-order chi connectivity index (χ0) is 17.0. The van der Waals surface area contributed by atoms with Crippen molar-refractivity contribution in [2.45, 2.75) is 62.0 Å². The third-order valence-electron chi connectivity index (χ3n) is 5.62. The van der Waals surface area contributed by atoms with Crippen LogP contribution in [0.1, 0.15) is 67.0 Å². The summed E-state index contributed by atoms with van der Waals surface area (Å²) in [4.78, 5) is 1.28. The van der Waals surface area contributed by atoms with Gasteiger partial charge in [0.2, 0.25) is 0 Å². The minimum atomic E-state index is -0.112. The Morgan fingerprint density at radius 2 is 2.04 bits per heavy atom. The van der Waals surface area contributed by atoms with E-state index in [1.54, 1.807) is 18.4 Å². The van der Waals surface area contributed by atoms with Crippen LogP contribution in [-0.2, 0) is 14.9 Å². The van der Waals surface area contributed by atoms with Crippen molar-refractivity contribution < 1.29 is 9.47 Å². The van der Waals surface area contributed by atoms with Crippen LogP contribution in [0.2, 0.25) is 4.34 Å². The molecule has 0 radical (unpaired) electrons. The molecule has 0 aliphatic heterocycles. The van der Waals surface area contributed by atoms with Gasteiger partial charge in [-0.25, -0.2) is 0 Å². The summed E-state index contributed by atoms with van der Waals surface area (Å²) in [5.41, 5.74) is -0.112. The Bertz CT molecular complexity index is 775. The maximum absolute atomic E-state index is 6.26. The molecule has 0 bridgehead atoms. The van der Waals surface area contributed by atoms with Gasteiger partial charge < -0.3 is 14.0 Å². The molecule has 0 unspecified atom stereocenters. The first-order chi connectivity index (χ1) is 12.2. The quantitative estimate of drug-likeness (QED) is 0.674. The van der Waals surface area contributed by atoms with Crippen LogP contribution in [-0.4, -0.2) is 34.8 Å². The van der Waals surface area contributed by atoms with E-state index < -0.39 is 0 Å². The van der Waals surface area contributed by atoms with E-state index >= 15 is 0 Å². The van der Waals surface area contributed by atoms with Crippen LogP contribution < -0.4 is 0 Å². The van der Waals surface area contributed by atoms with Gasteiger partial charge in [-0.3, -0.25) is 0 Å². The van der Waals surface area contributed by atoms with E-state index in [0.717, 1.165) is 23.0 Å². The minimum Gasteiger partial charge on any atom is -0.359 e. The Morgan fingerprint density at radius 1 is 1.24 bits per heavy atom. The summed E-state index contributed by atoms with van der Waals surface area (Å²) in [5, 5.41) is 9.35. The van der Waals surface area contributed by atoms with Crippen LogP contribution in [0.4, 0.5) is 0 Å². The second-order valence-corrected chi connectivity index (χ2v) is 9.26. The number of hydrogen-bond donors (Lipinski definition) is 0. The molecule has 2 heterocycles. The summed E-state index contributed by atoms with van der Waals surface area (Å²) in [6.45, 7) is 0.342. The molecule has 2 aromatic rings. The molecular weight excluding hydrogens is 358 g/mol. The van der Waals surface area contributed by atoms with Crippen LogP contribution in [0.5, 0.6) is 0 Å². The molecule has 5 nitrogen and oxygen atoms in total. The minimum absolute atomic E-state index is 0.112. The first-order valence-electron chi connectivity index (χ1n) is 9.03. The SMILES string of the molecule is COCO[C@H]1C[C@@](c2ccc(Cl)s2)(c2nnc(C3CC3)n2C2CC2)C1. The van der Waals surface area contributed by atoms with E-state index in [1.165, 1.54) is 36.4 Å². The lowest BCUT2D eigenvalue weighted by Gasteiger charge is -2.46. The maximum Gasteiger partial charge on any atom is 0.146 e. The second kappa shape index (κ2) is 6.05. The normalized spacial score (nSPS) is 29.0. The topological polar surface area (TPSA) is 49.2 Å². The number of methoxy groups -OCH3 is 1. The van der Waals surface area contributed by atoms with Crippen LogP contribution in [0, 0.1) is 0 Å². The first-order valence-corrected chi connectivity index (χ1v) is 10.2. The zero-order valence-electron chi connectivity index (χ0n) is 14.3. The standard InChI is InChI=1S/C18H22ClN3O2S/c1-23-10-24-13-8-18(9-13,14-6-7-15(19)25-14)17-21-20-16(11-2-3-11)22(17)12-4-5-12/h6-7,11-13H,2-5,8-10H2,1H3/t13-,18+. The third-order valence-corrected chi connectivity index (χ3v) is 7.06. The lowest BCUT2D eigenvalue weighted by Crippen LogP contribution is -2.48. The molecule has 0 atom stereocenters. The van der Waals surface area contributed by atoms with Crippen LogP contribution in [0.25, 0.3) is 0 Å². The van der Waals surface area contributed by atoms with E-state index in [-0.39, 0.29) is 11.5 Å². The summed E-state index contributed by atoms with van der Waals surface area (Å²) in [6.07, 6.45) is 7.04. The highest BCUT2D eigenvalue weighted by Crippen LogP contribution is 2.55. The highest BCUT2D eigenvalue weighted by atomic mass is 35.5. The Kier molecular flexibility index (Phi) is 3.93. The van der Waals surface area contributed by atoms with Gasteiger partial charge in [-0.1, -0.05) is 11.6 Å². The Balaban J connectivity index is 1.53. The number of thiophene rings is 1. The molecule has 25 heavy (non-hydrogen) atoms. The van der Waals surface area contributed by atoms with Crippen molar-refractivity contribution in [2.75, 3.05) is 13.9 Å². The van der Waals surface area contributed by atoms with Gasteiger partial charge in [0.05, 0.1) is 15.9 Å². The number of nitrogens with zero attached hydrogens (tertiary/aromatic N) is 3. The number of halogens is 1. The Morgan fingerprint density at radius 3 is 2.64 bits per heavy atom. The Labute approximate surface area is 156 Å². The predicted molar refractivity (Wildman–Crippen MR) is 96.4 cm³/mol.